The highest BCUT2D eigenvalue weighted by atomic mass is 16.6. The number of unbranched alkanes of at least 4 members (excludes halogenated alkanes) is 10. The molecule has 3 unspecified atom stereocenters. The molecule has 0 bridgehead atoms. The van der Waals surface area contributed by atoms with E-state index in [1.54, 1.807) is 0 Å². The largest absolute Gasteiger partial charge is 0.366 e. The first-order valence-electron chi connectivity index (χ1n) is 12.3. The second-order valence-corrected chi connectivity index (χ2v) is 9.20. The number of amides is 2. The average Bonchev–Trinajstić information content (AvgIpc) is 3.09. The van der Waals surface area contributed by atoms with Crippen molar-refractivity contribution in [3.63, 3.8) is 0 Å². The van der Waals surface area contributed by atoms with Gasteiger partial charge >= 0.3 is 0 Å². The number of carbonyl (C=O) groups is 2. The number of aliphatic hydroxyl groups is 1. The molecule has 0 aromatic heterocycles. The van der Waals surface area contributed by atoms with E-state index < -0.39 is 18.4 Å². The summed E-state index contributed by atoms with van der Waals surface area (Å²) in [5.74, 6) is -0.00625. The first-order chi connectivity index (χ1) is 14.4. The third-order valence-corrected chi connectivity index (χ3v) is 5.76. The summed E-state index contributed by atoms with van der Waals surface area (Å²) >= 11 is 0. The van der Waals surface area contributed by atoms with E-state index in [0.717, 1.165) is 12.8 Å². The van der Waals surface area contributed by atoms with Crippen LogP contribution in [0.5, 0.6) is 0 Å². The van der Waals surface area contributed by atoms with E-state index in [-0.39, 0.29) is 17.7 Å². The number of nitrogens with one attached hydrogen (secondary N) is 2. The highest BCUT2D eigenvalue weighted by Gasteiger charge is 2.30. The molecule has 6 nitrogen and oxygen atoms in total. The Balaban J connectivity index is 2.17. The zero-order valence-corrected chi connectivity index (χ0v) is 19.6. The number of hydrogen-bond acceptors (Lipinski definition) is 4. The van der Waals surface area contributed by atoms with Crippen LogP contribution in [0.2, 0.25) is 0 Å². The molecule has 1 saturated heterocycles. The summed E-state index contributed by atoms with van der Waals surface area (Å²) in [7, 11) is 0. The Morgan fingerprint density at radius 2 is 1.53 bits per heavy atom. The lowest BCUT2D eigenvalue weighted by atomic mass is 10.0. The van der Waals surface area contributed by atoms with E-state index >= 15 is 0 Å². The summed E-state index contributed by atoms with van der Waals surface area (Å²) in [6.45, 7) is 6.75. The van der Waals surface area contributed by atoms with Crippen LogP contribution < -0.4 is 10.6 Å². The minimum atomic E-state index is -0.958. The summed E-state index contributed by atoms with van der Waals surface area (Å²) in [6, 6.07) is -0.950. The van der Waals surface area contributed by atoms with Gasteiger partial charge in [0.05, 0.1) is 12.6 Å². The van der Waals surface area contributed by atoms with Crippen molar-refractivity contribution in [1.29, 1.82) is 0 Å². The van der Waals surface area contributed by atoms with Gasteiger partial charge in [0.1, 0.15) is 6.04 Å². The van der Waals surface area contributed by atoms with Crippen LogP contribution in [0.25, 0.3) is 0 Å². The van der Waals surface area contributed by atoms with Gasteiger partial charge < -0.3 is 20.5 Å². The molecule has 1 aliphatic rings. The van der Waals surface area contributed by atoms with Crippen LogP contribution in [-0.4, -0.2) is 41.9 Å². The molecule has 1 heterocycles. The fourth-order valence-corrected chi connectivity index (χ4v) is 3.92. The number of hydrogen-bond donors (Lipinski definition) is 3. The zero-order chi connectivity index (χ0) is 22.2. The quantitative estimate of drug-likeness (QED) is 0.300. The van der Waals surface area contributed by atoms with Gasteiger partial charge in [0.2, 0.25) is 11.8 Å². The van der Waals surface area contributed by atoms with Crippen LogP contribution >= 0.6 is 0 Å². The van der Waals surface area contributed by atoms with Crippen LogP contribution in [0.15, 0.2) is 0 Å². The van der Waals surface area contributed by atoms with E-state index in [1.807, 2.05) is 13.8 Å². The molecule has 0 radical (unpaired) electrons. The molecular weight excluding hydrogens is 380 g/mol. The smallest absolute Gasteiger partial charge is 0.242 e. The summed E-state index contributed by atoms with van der Waals surface area (Å²) in [6.07, 6.45) is 14.4. The average molecular weight is 427 g/mol. The second-order valence-electron chi connectivity index (χ2n) is 9.20. The van der Waals surface area contributed by atoms with Crippen molar-refractivity contribution in [3.8, 4) is 0 Å². The summed E-state index contributed by atoms with van der Waals surface area (Å²) < 4.78 is 5.08. The van der Waals surface area contributed by atoms with E-state index in [2.05, 4.69) is 17.6 Å². The Kier molecular flexibility index (Phi) is 14.8. The van der Waals surface area contributed by atoms with Crippen LogP contribution in [0, 0.1) is 5.92 Å². The van der Waals surface area contributed by atoms with Crippen molar-refractivity contribution in [2.75, 3.05) is 6.61 Å². The maximum absolute atomic E-state index is 12.6. The van der Waals surface area contributed by atoms with Crippen molar-refractivity contribution in [1.82, 2.24) is 10.6 Å². The van der Waals surface area contributed by atoms with Gasteiger partial charge in [-0.2, -0.15) is 0 Å². The molecule has 0 aromatic carbocycles. The Morgan fingerprint density at radius 3 is 2.03 bits per heavy atom. The Morgan fingerprint density at radius 1 is 0.967 bits per heavy atom. The predicted octanol–water partition coefficient (Wildman–Crippen LogP) is 4.44. The topological polar surface area (TPSA) is 87.7 Å². The van der Waals surface area contributed by atoms with Gasteiger partial charge in [-0.15, -0.1) is 0 Å². The van der Waals surface area contributed by atoms with E-state index in [9.17, 15) is 14.7 Å². The lowest BCUT2D eigenvalue weighted by Gasteiger charge is -2.23. The second kappa shape index (κ2) is 16.5. The van der Waals surface area contributed by atoms with Crippen molar-refractivity contribution < 1.29 is 19.4 Å². The van der Waals surface area contributed by atoms with Gasteiger partial charge in [0, 0.05) is 6.42 Å². The van der Waals surface area contributed by atoms with Gasteiger partial charge in [-0.25, -0.2) is 0 Å². The minimum Gasteiger partial charge on any atom is -0.366 e. The third kappa shape index (κ3) is 12.5. The molecule has 0 spiro atoms. The van der Waals surface area contributed by atoms with Gasteiger partial charge in [0.15, 0.2) is 6.29 Å². The summed E-state index contributed by atoms with van der Waals surface area (Å²) in [5, 5.41) is 15.4. The van der Waals surface area contributed by atoms with E-state index in [0.29, 0.717) is 25.9 Å². The van der Waals surface area contributed by atoms with Crippen LogP contribution in [0.3, 0.4) is 0 Å². The molecule has 1 rings (SSSR count). The fraction of sp³-hybridized carbons (Fsp3) is 0.917. The normalized spacial score (nSPS) is 19.8. The molecule has 0 aliphatic carbocycles. The minimum absolute atomic E-state index is 0.0602. The van der Waals surface area contributed by atoms with Crippen molar-refractivity contribution in [2.24, 2.45) is 5.92 Å². The van der Waals surface area contributed by atoms with Gasteiger partial charge in [-0.3, -0.25) is 9.59 Å². The molecule has 1 aliphatic heterocycles. The lowest BCUT2D eigenvalue weighted by Crippen LogP contribution is -2.51. The van der Waals surface area contributed by atoms with Crippen molar-refractivity contribution >= 4 is 11.8 Å². The third-order valence-electron chi connectivity index (χ3n) is 5.76. The lowest BCUT2D eigenvalue weighted by molar-refractivity contribution is -0.131. The number of aliphatic hydroxyl groups excluding tert-OH is 1. The van der Waals surface area contributed by atoms with E-state index in [1.165, 1.54) is 57.8 Å². The van der Waals surface area contributed by atoms with Gasteiger partial charge in [-0.1, -0.05) is 85.0 Å². The molecule has 3 atom stereocenters. The first kappa shape index (κ1) is 26.9. The summed E-state index contributed by atoms with van der Waals surface area (Å²) in [5.41, 5.74) is 0. The monoisotopic (exact) mass is 426 g/mol. The maximum atomic E-state index is 12.6. The molecular formula is C24H46N2O4. The Hall–Kier alpha value is -1.14. The SMILES string of the molecule is CCCCCCCCCCCCCC(=O)NC(CC(C)C)C(=O)NC1CCOC1O. The predicted molar refractivity (Wildman–Crippen MR) is 121 cm³/mol. The maximum Gasteiger partial charge on any atom is 0.242 e. The number of rotatable bonds is 17. The molecule has 1 fully saturated rings. The van der Waals surface area contributed by atoms with Gasteiger partial charge in [0.25, 0.3) is 0 Å². The molecule has 2 amide bonds. The molecule has 6 heteroatoms. The summed E-state index contributed by atoms with van der Waals surface area (Å²) in [4.78, 5) is 24.9. The molecule has 0 aromatic rings. The number of ether oxygens (including phenoxy) is 1. The first-order valence-corrected chi connectivity index (χ1v) is 12.3. The van der Waals surface area contributed by atoms with Crippen molar-refractivity contribution in [2.45, 2.75) is 129 Å². The highest BCUT2D eigenvalue weighted by molar-refractivity contribution is 5.87. The zero-order valence-electron chi connectivity index (χ0n) is 19.6. The van der Waals surface area contributed by atoms with Crippen LogP contribution in [0.1, 0.15) is 111 Å². The highest BCUT2D eigenvalue weighted by Crippen LogP contribution is 2.14. The Bertz CT molecular complexity index is 470. The van der Waals surface area contributed by atoms with Crippen LogP contribution in [0.4, 0.5) is 0 Å². The Labute approximate surface area is 183 Å². The standard InChI is InChI=1S/C24H46N2O4/c1-4-5-6-7-8-9-10-11-12-13-14-15-22(27)25-21(18-19(2)3)23(28)26-20-16-17-30-24(20)29/h19-21,24,29H,4-18H2,1-3H3,(H,25,27)(H,26,28). The molecule has 3 N–H and O–H groups in total. The number of carbonyl (C=O) groups excluding carboxylic acids is 2. The van der Waals surface area contributed by atoms with Crippen molar-refractivity contribution in [3.05, 3.63) is 0 Å². The molecule has 176 valence electrons. The van der Waals surface area contributed by atoms with Gasteiger partial charge in [-0.05, 0) is 25.2 Å². The molecule has 0 saturated carbocycles. The van der Waals surface area contributed by atoms with E-state index in [4.69, 9.17) is 4.74 Å². The van der Waals surface area contributed by atoms with Crippen LogP contribution in [-0.2, 0) is 14.3 Å². The fourth-order valence-electron chi connectivity index (χ4n) is 3.92. The molecule has 30 heavy (non-hydrogen) atoms.